The van der Waals surface area contributed by atoms with Crippen molar-refractivity contribution in [2.24, 2.45) is 11.5 Å². The second-order valence-corrected chi connectivity index (χ2v) is 7.11. The SMILES string of the molecule is CCCCCCCC(N)C(Cl)([C]=O)C(N)CCCCCCC. The summed E-state index contributed by atoms with van der Waals surface area (Å²) >= 11 is 6.43. The highest BCUT2D eigenvalue weighted by Gasteiger charge is 2.40. The summed E-state index contributed by atoms with van der Waals surface area (Å²) in [5, 5.41) is 0. The summed E-state index contributed by atoms with van der Waals surface area (Å²) in [5.41, 5.74) is 12.3. The molecule has 0 aliphatic carbocycles. The molecule has 4 N–H and O–H groups in total. The van der Waals surface area contributed by atoms with Gasteiger partial charge < -0.3 is 11.5 Å². The number of carbonyl (C=O) groups excluding carboxylic acids is 1. The number of nitrogens with two attached hydrogens (primary N) is 2. The minimum atomic E-state index is -1.23. The summed E-state index contributed by atoms with van der Waals surface area (Å²) in [7, 11) is 0. The van der Waals surface area contributed by atoms with E-state index in [0.717, 1.165) is 38.5 Å². The lowest BCUT2D eigenvalue weighted by atomic mass is 9.86. The summed E-state index contributed by atoms with van der Waals surface area (Å²) in [6.07, 6.45) is 15.1. The van der Waals surface area contributed by atoms with Crippen molar-refractivity contribution in [3.05, 3.63) is 0 Å². The van der Waals surface area contributed by atoms with E-state index in [4.69, 9.17) is 23.1 Å². The van der Waals surface area contributed by atoms with Gasteiger partial charge in [0.1, 0.15) is 4.87 Å². The fraction of sp³-hybridized carbons (Fsp3) is 0.944. The van der Waals surface area contributed by atoms with Crippen LogP contribution < -0.4 is 11.5 Å². The lowest BCUT2D eigenvalue weighted by Gasteiger charge is -2.32. The first-order chi connectivity index (χ1) is 10.5. The number of alkyl halides is 1. The zero-order valence-electron chi connectivity index (χ0n) is 14.6. The Balaban J connectivity index is 4.14. The number of rotatable bonds is 15. The second kappa shape index (κ2) is 13.3. The van der Waals surface area contributed by atoms with E-state index in [2.05, 4.69) is 13.8 Å². The maximum atomic E-state index is 11.4. The van der Waals surface area contributed by atoms with Gasteiger partial charge in [-0.3, -0.25) is 4.79 Å². The van der Waals surface area contributed by atoms with Crippen LogP contribution in [0.5, 0.6) is 0 Å². The van der Waals surface area contributed by atoms with Gasteiger partial charge in [0, 0.05) is 12.1 Å². The molecule has 0 spiro atoms. The van der Waals surface area contributed by atoms with Crippen molar-refractivity contribution >= 4 is 17.9 Å². The molecule has 0 fully saturated rings. The van der Waals surface area contributed by atoms with Crippen LogP contribution in [0.15, 0.2) is 0 Å². The van der Waals surface area contributed by atoms with Gasteiger partial charge in [-0.05, 0) is 12.8 Å². The van der Waals surface area contributed by atoms with Gasteiger partial charge in [-0.25, -0.2) is 0 Å². The molecular formula is C18H36ClN2O. The van der Waals surface area contributed by atoms with Crippen molar-refractivity contribution < 1.29 is 4.79 Å². The van der Waals surface area contributed by atoms with Gasteiger partial charge in [0.05, 0.1) is 0 Å². The van der Waals surface area contributed by atoms with Crippen LogP contribution >= 0.6 is 11.6 Å². The van der Waals surface area contributed by atoms with Crippen molar-refractivity contribution in [2.75, 3.05) is 0 Å². The molecule has 0 heterocycles. The van der Waals surface area contributed by atoms with Gasteiger partial charge in [-0.15, -0.1) is 11.6 Å². The highest BCUT2D eigenvalue weighted by Crippen LogP contribution is 2.26. The number of unbranched alkanes of at least 4 members (excludes halogenated alkanes) is 8. The van der Waals surface area contributed by atoms with Crippen molar-refractivity contribution in [3.63, 3.8) is 0 Å². The van der Waals surface area contributed by atoms with Gasteiger partial charge in [-0.1, -0.05) is 78.1 Å². The van der Waals surface area contributed by atoms with E-state index in [1.165, 1.54) is 38.5 Å². The largest absolute Gasteiger partial charge is 0.326 e. The molecule has 0 rings (SSSR count). The van der Waals surface area contributed by atoms with E-state index in [0.29, 0.717) is 0 Å². The molecule has 0 saturated heterocycles. The van der Waals surface area contributed by atoms with Crippen LogP contribution in [0.4, 0.5) is 0 Å². The minimum Gasteiger partial charge on any atom is -0.326 e. The minimum absolute atomic E-state index is 0.404. The van der Waals surface area contributed by atoms with Crippen LogP contribution in [0.25, 0.3) is 0 Å². The quantitative estimate of drug-likeness (QED) is 0.344. The van der Waals surface area contributed by atoms with Gasteiger partial charge in [0.15, 0.2) is 0 Å². The normalized spacial score (nSPS) is 17.0. The molecule has 0 aliphatic heterocycles. The monoisotopic (exact) mass is 331 g/mol. The van der Waals surface area contributed by atoms with Gasteiger partial charge >= 0.3 is 0 Å². The van der Waals surface area contributed by atoms with Crippen LogP contribution in [0.2, 0.25) is 0 Å². The van der Waals surface area contributed by atoms with Gasteiger partial charge in [0.2, 0.25) is 6.29 Å². The van der Waals surface area contributed by atoms with E-state index in [1.807, 2.05) is 6.29 Å². The molecule has 131 valence electrons. The number of hydrogen-bond donors (Lipinski definition) is 2. The third-order valence-electron chi connectivity index (χ3n) is 4.47. The molecule has 0 amide bonds. The third-order valence-corrected chi connectivity index (χ3v) is 5.11. The highest BCUT2D eigenvalue weighted by atomic mass is 35.5. The standard InChI is InChI=1S/C18H36ClN2O/c1-3-5-7-9-11-13-16(20)18(19,15-22)17(21)14-12-10-8-6-4-2/h16-17H,3-14,20-21H2,1-2H3. The van der Waals surface area contributed by atoms with Crippen molar-refractivity contribution in [2.45, 2.75) is 108 Å². The average Bonchev–Trinajstić information content (AvgIpc) is 2.53. The zero-order valence-corrected chi connectivity index (χ0v) is 15.3. The van der Waals surface area contributed by atoms with Crippen molar-refractivity contribution in [3.8, 4) is 0 Å². The van der Waals surface area contributed by atoms with E-state index < -0.39 is 17.0 Å². The van der Waals surface area contributed by atoms with E-state index in [-0.39, 0.29) is 0 Å². The lowest BCUT2D eigenvalue weighted by molar-refractivity contribution is 0.389. The smallest absolute Gasteiger partial charge is 0.224 e. The van der Waals surface area contributed by atoms with E-state index >= 15 is 0 Å². The molecule has 1 radical (unpaired) electrons. The van der Waals surface area contributed by atoms with Gasteiger partial charge in [-0.2, -0.15) is 0 Å². The summed E-state index contributed by atoms with van der Waals surface area (Å²) in [5.74, 6) is 0. The van der Waals surface area contributed by atoms with Crippen LogP contribution in [-0.4, -0.2) is 23.2 Å². The average molecular weight is 332 g/mol. The van der Waals surface area contributed by atoms with Crippen molar-refractivity contribution in [1.82, 2.24) is 0 Å². The molecule has 0 aromatic carbocycles. The number of halogens is 1. The fourth-order valence-electron chi connectivity index (χ4n) is 2.78. The fourth-order valence-corrected chi connectivity index (χ4v) is 3.00. The van der Waals surface area contributed by atoms with E-state index in [1.54, 1.807) is 0 Å². The first-order valence-corrected chi connectivity index (χ1v) is 9.50. The second-order valence-electron chi connectivity index (χ2n) is 6.49. The molecular weight excluding hydrogens is 296 g/mol. The van der Waals surface area contributed by atoms with Crippen molar-refractivity contribution in [1.29, 1.82) is 0 Å². The van der Waals surface area contributed by atoms with Crippen LogP contribution in [0.3, 0.4) is 0 Å². The maximum Gasteiger partial charge on any atom is 0.224 e. The molecule has 0 saturated carbocycles. The van der Waals surface area contributed by atoms with Crippen LogP contribution in [-0.2, 0) is 4.79 Å². The summed E-state index contributed by atoms with van der Waals surface area (Å²) in [6, 6.07) is -0.808. The lowest BCUT2D eigenvalue weighted by Crippen LogP contribution is -2.56. The summed E-state index contributed by atoms with van der Waals surface area (Å²) in [6.45, 7) is 4.38. The zero-order chi connectivity index (χ0) is 16.8. The molecule has 0 bridgehead atoms. The Bertz CT molecular complexity index is 254. The predicted molar refractivity (Wildman–Crippen MR) is 97.0 cm³/mol. The Morgan fingerprint density at radius 3 is 1.50 bits per heavy atom. The Morgan fingerprint density at radius 1 is 0.818 bits per heavy atom. The molecule has 4 heteroatoms. The predicted octanol–water partition coefficient (Wildman–Crippen LogP) is 4.45. The molecule has 0 aliphatic rings. The Labute approximate surface area is 142 Å². The Kier molecular flexibility index (Phi) is 13.3. The molecule has 0 aromatic heterocycles. The topological polar surface area (TPSA) is 69.1 Å². The Hall–Kier alpha value is -0.120. The molecule has 0 aromatic rings. The molecule has 3 nitrogen and oxygen atoms in total. The molecule has 2 unspecified atom stereocenters. The maximum absolute atomic E-state index is 11.4. The third kappa shape index (κ3) is 8.50. The first-order valence-electron chi connectivity index (χ1n) is 9.12. The number of hydrogen-bond acceptors (Lipinski definition) is 3. The van der Waals surface area contributed by atoms with E-state index in [9.17, 15) is 4.79 Å². The summed E-state index contributed by atoms with van der Waals surface area (Å²) < 4.78 is 0. The van der Waals surface area contributed by atoms with Crippen LogP contribution in [0.1, 0.15) is 90.9 Å². The Morgan fingerprint density at radius 2 is 1.18 bits per heavy atom. The van der Waals surface area contributed by atoms with Gasteiger partial charge in [0.25, 0.3) is 0 Å². The van der Waals surface area contributed by atoms with Crippen LogP contribution in [0, 0.1) is 0 Å². The first kappa shape index (κ1) is 21.9. The highest BCUT2D eigenvalue weighted by molar-refractivity contribution is 6.33. The molecule has 2 atom stereocenters. The molecule has 22 heavy (non-hydrogen) atoms. The summed E-state index contributed by atoms with van der Waals surface area (Å²) in [4.78, 5) is 10.1.